The topological polar surface area (TPSA) is 38.3 Å². The van der Waals surface area contributed by atoms with Gasteiger partial charge in [-0.2, -0.15) is 0 Å². The van der Waals surface area contributed by atoms with E-state index in [4.69, 9.17) is 16.3 Å². The second-order valence-electron chi connectivity index (χ2n) is 4.76. The molecule has 0 saturated heterocycles. The number of halogens is 2. The van der Waals surface area contributed by atoms with Gasteiger partial charge in [-0.1, -0.05) is 35.9 Å². The number of amides is 1. The lowest BCUT2D eigenvalue weighted by Crippen LogP contribution is -2.23. The summed E-state index contributed by atoms with van der Waals surface area (Å²) in [5, 5.41) is 2.86. The first-order chi connectivity index (χ1) is 10.6. The molecule has 0 heterocycles. The zero-order chi connectivity index (χ0) is 15.9. The lowest BCUT2D eigenvalue weighted by Gasteiger charge is -2.08. The zero-order valence-corrected chi connectivity index (χ0v) is 13.0. The van der Waals surface area contributed by atoms with Crippen LogP contribution in [-0.2, 0) is 17.9 Å². The molecule has 0 aliphatic rings. The van der Waals surface area contributed by atoms with Crippen LogP contribution in [-0.4, -0.2) is 12.5 Å². The third-order valence-corrected chi connectivity index (χ3v) is 3.44. The fraction of sp³-hybridized carbons (Fsp3) is 0.235. The van der Waals surface area contributed by atoms with Crippen molar-refractivity contribution in [1.29, 1.82) is 0 Å². The number of rotatable bonds is 6. The molecule has 0 aromatic heterocycles. The molecule has 2 aromatic carbocycles. The first-order valence-electron chi connectivity index (χ1n) is 6.99. The molecule has 0 aliphatic heterocycles. The smallest absolute Gasteiger partial charge is 0.253 e. The van der Waals surface area contributed by atoms with E-state index in [0.29, 0.717) is 19.8 Å². The van der Waals surface area contributed by atoms with Crippen LogP contribution in [0.2, 0.25) is 5.02 Å². The maximum atomic E-state index is 13.0. The summed E-state index contributed by atoms with van der Waals surface area (Å²) in [6.45, 7) is 3.58. The molecule has 0 spiro atoms. The fourth-order valence-electron chi connectivity index (χ4n) is 1.92. The maximum Gasteiger partial charge on any atom is 0.253 e. The summed E-state index contributed by atoms with van der Waals surface area (Å²) in [5.41, 5.74) is 2.31. The van der Waals surface area contributed by atoms with Crippen molar-refractivity contribution in [2.24, 2.45) is 0 Å². The Hall–Kier alpha value is -1.91. The number of carbonyl (C=O) groups excluding carboxylic acids is 1. The molecule has 116 valence electrons. The Kier molecular flexibility index (Phi) is 5.92. The highest BCUT2D eigenvalue weighted by molar-refractivity contribution is 6.33. The Balaban J connectivity index is 1.93. The van der Waals surface area contributed by atoms with Crippen LogP contribution >= 0.6 is 11.6 Å². The number of benzene rings is 2. The van der Waals surface area contributed by atoms with Crippen molar-refractivity contribution in [3.05, 3.63) is 70.0 Å². The minimum Gasteiger partial charge on any atom is -0.377 e. The molecule has 0 aliphatic carbocycles. The predicted molar refractivity (Wildman–Crippen MR) is 84.4 cm³/mol. The summed E-state index contributed by atoms with van der Waals surface area (Å²) in [6, 6.07) is 11.5. The highest BCUT2D eigenvalue weighted by Crippen LogP contribution is 2.17. The van der Waals surface area contributed by atoms with Crippen molar-refractivity contribution in [1.82, 2.24) is 5.32 Å². The average molecular weight is 322 g/mol. The van der Waals surface area contributed by atoms with E-state index < -0.39 is 5.82 Å². The summed E-state index contributed by atoms with van der Waals surface area (Å²) < 4.78 is 18.3. The van der Waals surface area contributed by atoms with Crippen LogP contribution in [0.15, 0.2) is 42.5 Å². The van der Waals surface area contributed by atoms with Crippen LogP contribution in [0.1, 0.15) is 28.4 Å². The van der Waals surface area contributed by atoms with Gasteiger partial charge < -0.3 is 10.1 Å². The third-order valence-electron chi connectivity index (χ3n) is 3.12. The van der Waals surface area contributed by atoms with Crippen LogP contribution in [0.5, 0.6) is 0 Å². The molecule has 0 bridgehead atoms. The predicted octanol–water partition coefficient (Wildman–Crippen LogP) is 3.95. The largest absolute Gasteiger partial charge is 0.377 e. The molecule has 1 N–H and O–H groups in total. The van der Waals surface area contributed by atoms with Crippen LogP contribution < -0.4 is 5.32 Å². The minimum atomic E-state index is -0.466. The summed E-state index contributed by atoms with van der Waals surface area (Å²) in [5.74, 6) is -0.796. The molecule has 2 rings (SSSR count). The highest BCUT2D eigenvalue weighted by atomic mass is 35.5. The molecule has 5 heteroatoms. The van der Waals surface area contributed by atoms with E-state index in [-0.39, 0.29) is 16.5 Å². The summed E-state index contributed by atoms with van der Waals surface area (Å²) >= 11 is 5.86. The lowest BCUT2D eigenvalue weighted by molar-refractivity contribution is 0.0951. The van der Waals surface area contributed by atoms with E-state index in [1.54, 1.807) is 0 Å². The Bertz CT molecular complexity index is 644. The third kappa shape index (κ3) is 4.55. The number of nitrogens with one attached hydrogen (secondary N) is 1. The lowest BCUT2D eigenvalue weighted by atomic mass is 10.1. The van der Waals surface area contributed by atoms with Gasteiger partial charge in [0.05, 0.1) is 17.2 Å². The molecule has 0 unspecified atom stereocenters. The van der Waals surface area contributed by atoms with Crippen molar-refractivity contribution in [2.75, 3.05) is 6.61 Å². The molecular formula is C17H17ClFNO2. The van der Waals surface area contributed by atoms with Gasteiger partial charge in [-0.25, -0.2) is 4.39 Å². The van der Waals surface area contributed by atoms with Gasteiger partial charge in [0.1, 0.15) is 5.82 Å². The quantitative estimate of drug-likeness (QED) is 0.875. The van der Waals surface area contributed by atoms with E-state index in [1.807, 2.05) is 31.2 Å². The summed E-state index contributed by atoms with van der Waals surface area (Å²) in [6.07, 6.45) is 0. The van der Waals surface area contributed by atoms with E-state index in [2.05, 4.69) is 5.32 Å². The van der Waals surface area contributed by atoms with E-state index in [1.165, 1.54) is 12.1 Å². The van der Waals surface area contributed by atoms with Crippen molar-refractivity contribution in [3.8, 4) is 0 Å². The van der Waals surface area contributed by atoms with Gasteiger partial charge in [0, 0.05) is 13.2 Å². The Morgan fingerprint density at radius 3 is 2.50 bits per heavy atom. The number of hydrogen-bond donors (Lipinski definition) is 1. The number of ether oxygens (including phenoxy) is 1. The summed E-state index contributed by atoms with van der Waals surface area (Å²) in [4.78, 5) is 12.0. The maximum absolute atomic E-state index is 13.0. The standard InChI is InChI=1S/C17H17ClFNO2/c1-2-22-11-13-5-3-12(4-6-13)10-20-17(21)15-8-7-14(19)9-16(15)18/h3-9H,2,10-11H2,1H3,(H,20,21). The fourth-order valence-corrected chi connectivity index (χ4v) is 2.18. The van der Waals surface area contributed by atoms with Gasteiger partial charge in [0.15, 0.2) is 0 Å². The first-order valence-corrected chi connectivity index (χ1v) is 7.36. The van der Waals surface area contributed by atoms with Gasteiger partial charge in [-0.05, 0) is 36.2 Å². The SMILES string of the molecule is CCOCc1ccc(CNC(=O)c2ccc(F)cc2Cl)cc1. The average Bonchev–Trinajstić information content (AvgIpc) is 2.51. The van der Waals surface area contributed by atoms with Crippen molar-refractivity contribution >= 4 is 17.5 Å². The van der Waals surface area contributed by atoms with Gasteiger partial charge in [0.2, 0.25) is 0 Å². The molecule has 0 atom stereocenters. The van der Waals surface area contributed by atoms with Crippen molar-refractivity contribution in [2.45, 2.75) is 20.1 Å². The van der Waals surface area contributed by atoms with Gasteiger partial charge in [0.25, 0.3) is 5.91 Å². The van der Waals surface area contributed by atoms with Crippen LogP contribution in [0.3, 0.4) is 0 Å². The van der Waals surface area contributed by atoms with Crippen molar-refractivity contribution in [3.63, 3.8) is 0 Å². The molecule has 0 radical (unpaired) electrons. The van der Waals surface area contributed by atoms with Crippen LogP contribution in [0, 0.1) is 5.82 Å². The van der Waals surface area contributed by atoms with Crippen molar-refractivity contribution < 1.29 is 13.9 Å². The van der Waals surface area contributed by atoms with Crippen LogP contribution in [0.4, 0.5) is 4.39 Å². The number of hydrogen-bond acceptors (Lipinski definition) is 2. The second kappa shape index (κ2) is 7.92. The highest BCUT2D eigenvalue weighted by Gasteiger charge is 2.10. The number of carbonyl (C=O) groups is 1. The first kappa shape index (κ1) is 16.5. The van der Waals surface area contributed by atoms with Gasteiger partial charge >= 0.3 is 0 Å². The molecule has 0 saturated carbocycles. The zero-order valence-electron chi connectivity index (χ0n) is 12.2. The van der Waals surface area contributed by atoms with E-state index >= 15 is 0 Å². The summed E-state index contributed by atoms with van der Waals surface area (Å²) in [7, 11) is 0. The minimum absolute atomic E-state index is 0.101. The molecule has 1 amide bonds. The molecule has 22 heavy (non-hydrogen) atoms. The Morgan fingerprint density at radius 1 is 1.18 bits per heavy atom. The Morgan fingerprint density at radius 2 is 1.86 bits per heavy atom. The van der Waals surface area contributed by atoms with E-state index in [0.717, 1.165) is 17.2 Å². The molecule has 2 aromatic rings. The van der Waals surface area contributed by atoms with Gasteiger partial charge in [-0.15, -0.1) is 0 Å². The Labute approximate surface area is 134 Å². The molecule has 3 nitrogen and oxygen atoms in total. The second-order valence-corrected chi connectivity index (χ2v) is 5.17. The van der Waals surface area contributed by atoms with Gasteiger partial charge in [-0.3, -0.25) is 4.79 Å². The van der Waals surface area contributed by atoms with Crippen LogP contribution in [0.25, 0.3) is 0 Å². The van der Waals surface area contributed by atoms with E-state index in [9.17, 15) is 9.18 Å². The molecular weight excluding hydrogens is 305 g/mol. The monoisotopic (exact) mass is 321 g/mol. The molecule has 0 fully saturated rings. The normalized spacial score (nSPS) is 10.5.